The van der Waals surface area contributed by atoms with Crippen molar-refractivity contribution in [3.05, 3.63) is 22.1 Å². The summed E-state index contributed by atoms with van der Waals surface area (Å²) in [5, 5.41) is 0.898. The summed E-state index contributed by atoms with van der Waals surface area (Å²) in [7, 11) is 0. The second kappa shape index (κ2) is 3.49. The van der Waals surface area contributed by atoms with E-state index in [1.165, 1.54) is 4.91 Å². The molecule has 0 aromatic carbocycles. The monoisotopic (exact) mass is 174 g/mol. The number of hydrogen-bond donors (Lipinski definition) is 0. The lowest BCUT2D eigenvalue weighted by Gasteiger charge is -2.01. The molecule has 1 heterocycles. The molecule has 1 aliphatic heterocycles. The predicted molar refractivity (Wildman–Crippen MR) is 49.3 cm³/mol. The third-order valence-electron chi connectivity index (χ3n) is 1.47. The van der Waals surface area contributed by atoms with Crippen LogP contribution in [0.1, 0.15) is 13.8 Å². The van der Waals surface area contributed by atoms with Gasteiger partial charge in [-0.2, -0.15) is 0 Å². The Balaban J connectivity index is 2.72. The molecule has 0 aromatic rings. The van der Waals surface area contributed by atoms with Gasteiger partial charge in [-0.3, -0.25) is 0 Å². The van der Waals surface area contributed by atoms with Crippen LogP contribution in [0.2, 0.25) is 0 Å². The van der Waals surface area contributed by atoms with Crippen LogP contribution in [0, 0.1) is 5.92 Å². The van der Waals surface area contributed by atoms with Gasteiger partial charge in [0, 0.05) is 15.7 Å². The number of thioether (sulfide) groups is 1. The highest BCUT2D eigenvalue weighted by Gasteiger charge is 2.05. The molecule has 0 spiro atoms. The van der Waals surface area contributed by atoms with Gasteiger partial charge in [0.15, 0.2) is 0 Å². The van der Waals surface area contributed by atoms with Gasteiger partial charge in [0.2, 0.25) is 0 Å². The smallest absolute Gasteiger partial charge is 0.0495 e. The van der Waals surface area contributed by atoms with E-state index in [4.69, 9.17) is 11.6 Å². The first-order chi connectivity index (χ1) is 4.70. The summed E-state index contributed by atoms with van der Waals surface area (Å²) in [6, 6.07) is 0. The van der Waals surface area contributed by atoms with Crippen LogP contribution < -0.4 is 0 Å². The fourth-order valence-electron chi connectivity index (χ4n) is 0.747. The molecule has 2 heteroatoms. The second-order valence-electron chi connectivity index (χ2n) is 2.55. The van der Waals surface area contributed by atoms with Gasteiger partial charge in [-0.15, -0.1) is 11.8 Å². The Morgan fingerprint density at radius 3 is 3.10 bits per heavy atom. The van der Waals surface area contributed by atoms with E-state index in [1.54, 1.807) is 0 Å². The van der Waals surface area contributed by atoms with E-state index in [0.717, 1.165) is 10.8 Å². The Morgan fingerprint density at radius 2 is 2.40 bits per heavy atom. The zero-order valence-electron chi connectivity index (χ0n) is 6.23. The van der Waals surface area contributed by atoms with E-state index in [1.807, 2.05) is 17.8 Å². The molecular formula is C8H11ClS. The van der Waals surface area contributed by atoms with E-state index < -0.39 is 0 Å². The van der Waals surface area contributed by atoms with E-state index in [-0.39, 0.29) is 0 Å². The average Bonchev–Trinajstić information content (AvgIpc) is 2.04. The molecule has 0 N–H and O–H groups in total. The van der Waals surface area contributed by atoms with E-state index >= 15 is 0 Å². The molecule has 0 nitrogen and oxygen atoms in total. The van der Waals surface area contributed by atoms with Crippen LogP contribution in [0.25, 0.3) is 0 Å². The van der Waals surface area contributed by atoms with Gasteiger partial charge in [-0.05, 0) is 18.9 Å². The number of allylic oxidation sites excluding steroid dienone is 4. The normalized spacial score (nSPS) is 26.9. The molecule has 1 rings (SSSR count). The lowest BCUT2D eigenvalue weighted by molar-refractivity contribution is 0.849. The van der Waals surface area contributed by atoms with Crippen LogP contribution in [0.3, 0.4) is 0 Å². The minimum atomic E-state index is 0.649. The van der Waals surface area contributed by atoms with Gasteiger partial charge in [0.25, 0.3) is 0 Å². The zero-order valence-corrected chi connectivity index (χ0v) is 7.80. The summed E-state index contributed by atoms with van der Waals surface area (Å²) < 4.78 is 0. The maximum atomic E-state index is 5.91. The number of halogens is 1. The summed E-state index contributed by atoms with van der Waals surface area (Å²) in [5.74, 6) is 1.80. The highest BCUT2D eigenvalue weighted by molar-refractivity contribution is 8.03. The molecular weight excluding hydrogens is 164 g/mol. The molecule has 0 fully saturated rings. The first kappa shape index (κ1) is 8.22. The Kier molecular flexibility index (Phi) is 2.87. The van der Waals surface area contributed by atoms with Gasteiger partial charge < -0.3 is 0 Å². The summed E-state index contributed by atoms with van der Waals surface area (Å²) in [4.78, 5) is 1.24. The first-order valence-corrected chi connectivity index (χ1v) is 4.74. The number of rotatable bonds is 0. The largest absolute Gasteiger partial charge is 0.129 e. The third kappa shape index (κ3) is 2.06. The molecule has 0 saturated carbocycles. The topological polar surface area (TPSA) is 0 Å². The van der Waals surface area contributed by atoms with Crippen molar-refractivity contribution < 1.29 is 0 Å². The van der Waals surface area contributed by atoms with Crippen LogP contribution in [-0.4, -0.2) is 5.75 Å². The van der Waals surface area contributed by atoms with Crippen molar-refractivity contribution >= 4 is 23.4 Å². The third-order valence-corrected chi connectivity index (χ3v) is 3.34. The molecule has 0 aromatic heterocycles. The van der Waals surface area contributed by atoms with E-state index in [9.17, 15) is 0 Å². The maximum absolute atomic E-state index is 5.91. The quantitative estimate of drug-likeness (QED) is 0.543. The van der Waals surface area contributed by atoms with Crippen molar-refractivity contribution in [2.75, 3.05) is 5.75 Å². The van der Waals surface area contributed by atoms with Crippen molar-refractivity contribution in [3.63, 3.8) is 0 Å². The Bertz CT molecular complexity index is 182. The highest BCUT2D eigenvalue weighted by atomic mass is 35.5. The van der Waals surface area contributed by atoms with Crippen LogP contribution in [0.15, 0.2) is 22.1 Å². The minimum absolute atomic E-state index is 0.649. The number of hydrogen-bond acceptors (Lipinski definition) is 1. The lowest BCUT2D eigenvalue weighted by atomic mass is 10.2. The first-order valence-electron chi connectivity index (χ1n) is 3.37. The average molecular weight is 175 g/mol. The van der Waals surface area contributed by atoms with Gasteiger partial charge >= 0.3 is 0 Å². The fraction of sp³-hybridized carbons (Fsp3) is 0.500. The summed E-state index contributed by atoms with van der Waals surface area (Å²) in [6.45, 7) is 4.27. The van der Waals surface area contributed by atoms with Crippen molar-refractivity contribution in [2.45, 2.75) is 13.8 Å². The predicted octanol–water partition coefficient (Wildman–Crippen LogP) is 3.40. The van der Waals surface area contributed by atoms with E-state index in [0.29, 0.717) is 5.92 Å². The van der Waals surface area contributed by atoms with Gasteiger partial charge in [-0.1, -0.05) is 24.6 Å². The van der Waals surface area contributed by atoms with Crippen molar-refractivity contribution in [1.82, 2.24) is 0 Å². The molecule has 56 valence electrons. The lowest BCUT2D eigenvalue weighted by Crippen LogP contribution is -1.90. The van der Waals surface area contributed by atoms with Crippen LogP contribution >= 0.6 is 23.4 Å². The standard InChI is InChI=1S/C8H11ClS/c1-6-3-4-8(9)7(2)10-5-6/h3-4,6H,5H2,1-2H3/t6-/m0/s1. The van der Waals surface area contributed by atoms with Crippen LogP contribution in [0.4, 0.5) is 0 Å². The molecule has 0 amide bonds. The molecule has 0 bridgehead atoms. The Hall–Kier alpha value is 0.120. The summed E-state index contributed by atoms with van der Waals surface area (Å²) in [5.41, 5.74) is 0. The summed E-state index contributed by atoms with van der Waals surface area (Å²) in [6.07, 6.45) is 4.16. The molecule has 0 unspecified atom stereocenters. The SMILES string of the molecule is CC1=C(Cl)C=C[C@H](C)CS1. The zero-order chi connectivity index (χ0) is 7.56. The van der Waals surface area contributed by atoms with Gasteiger partial charge in [0.05, 0.1) is 0 Å². The van der Waals surface area contributed by atoms with Crippen molar-refractivity contribution in [1.29, 1.82) is 0 Å². The minimum Gasteiger partial charge on any atom is -0.129 e. The Labute approximate surface area is 71.3 Å². The maximum Gasteiger partial charge on any atom is 0.0495 e. The Morgan fingerprint density at radius 1 is 1.70 bits per heavy atom. The highest BCUT2D eigenvalue weighted by Crippen LogP contribution is 2.28. The van der Waals surface area contributed by atoms with E-state index in [2.05, 4.69) is 19.9 Å². The second-order valence-corrected chi connectivity index (χ2v) is 4.19. The van der Waals surface area contributed by atoms with Gasteiger partial charge in [-0.25, -0.2) is 0 Å². The van der Waals surface area contributed by atoms with Crippen LogP contribution in [0.5, 0.6) is 0 Å². The fourth-order valence-corrected chi connectivity index (χ4v) is 1.81. The van der Waals surface area contributed by atoms with Crippen molar-refractivity contribution in [3.8, 4) is 0 Å². The molecule has 1 atom stereocenters. The molecule has 10 heavy (non-hydrogen) atoms. The molecule has 0 aliphatic carbocycles. The molecule has 0 radical (unpaired) electrons. The summed E-state index contributed by atoms with van der Waals surface area (Å²) >= 11 is 7.75. The van der Waals surface area contributed by atoms with Gasteiger partial charge in [0.1, 0.15) is 0 Å². The van der Waals surface area contributed by atoms with Crippen LogP contribution in [-0.2, 0) is 0 Å². The molecule has 0 saturated heterocycles. The molecule has 1 aliphatic rings. The van der Waals surface area contributed by atoms with Crippen molar-refractivity contribution in [2.24, 2.45) is 5.92 Å².